The molecule has 0 bridgehead atoms. The molecule has 0 saturated heterocycles. The van der Waals surface area contributed by atoms with E-state index >= 15 is 0 Å². The molecule has 0 fully saturated rings. The third kappa shape index (κ3) is 6.91. The molecule has 5 nitrogen and oxygen atoms in total. The highest BCUT2D eigenvalue weighted by Gasteiger charge is 2.02. The Balaban J connectivity index is 1.82. The molecule has 0 spiro atoms. The van der Waals surface area contributed by atoms with Gasteiger partial charge in [0.15, 0.2) is 0 Å². The van der Waals surface area contributed by atoms with E-state index < -0.39 is 6.03 Å². The SMILES string of the molecule is C/C(=C\C(=O)NCc1cccc(NC(N)=O)c1)CCc1ccccc1. The van der Waals surface area contributed by atoms with Crippen LogP contribution in [0.15, 0.2) is 66.2 Å². The molecule has 5 heteroatoms. The minimum absolute atomic E-state index is 0.126. The molecule has 3 amide bonds. The third-order valence-corrected chi connectivity index (χ3v) is 3.69. The van der Waals surface area contributed by atoms with Crippen LogP contribution in [-0.4, -0.2) is 11.9 Å². The lowest BCUT2D eigenvalue weighted by atomic mass is 10.1. The summed E-state index contributed by atoms with van der Waals surface area (Å²) in [7, 11) is 0. The summed E-state index contributed by atoms with van der Waals surface area (Å²) >= 11 is 0. The molecular weight excluding hydrogens is 314 g/mol. The zero-order valence-electron chi connectivity index (χ0n) is 14.3. The first kappa shape index (κ1) is 18.3. The Morgan fingerprint density at radius 3 is 2.48 bits per heavy atom. The lowest BCUT2D eigenvalue weighted by Gasteiger charge is -2.07. The molecule has 0 aliphatic heterocycles. The molecular formula is C20H23N3O2. The van der Waals surface area contributed by atoms with Gasteiger partial charge in [-0.25, -0.2) is 4.79 Å². The Kier molecular flexibility index (Phi) is 6.77. The molecule has 0 unspecified atom stereocenters. The van der Waals surface area contributed by atoms with Gasteiger partial charge >= 0.3 is 6.03 Å². The number of anilines is 1. The number of allylic oxidation sites excluding steroid dienone is 1. The molecule has 0 aliphatic carbocycles. The van der Waals surface area contributed by atoms with Gasteiger partial charge < -0.3 is 16.4 Å². The summed E-state index contributed by atoms with van der Waals surface area (Å²) in [5.41, 5.74) is 8.88. The summed E-state index contributed by atoms with van der Waals surface area (Å²) in [5, 5.41) is 5.36. The second-order valence-electron chi connectivity index (χ2n) is 5.88. The highest BCUT2D eigenvalue weighted by Crippen LogP contribution is 2.11. The largest absolute Gasteiger partial charge is 0.351 e. The first-order valence-electron chi connectivity index (χ1n) is 8.17. The van der Waals surface area contributed by atoms with Crippen LogP contribution in [0, 0.1) is 0 Å². The maximum atomic E-state index is 12.0. The summed E-state index contributed by atoms with van der Waals surface area (Å²) in [4.78, 5) is 22.9. The topological polar surface area (TPSA) is 84.2 Å². The lowest BCUT2D eigenvalue weighted by molar-refractivity contribution is -0.116. The number of benzene rings is 2. The van der Waals surface area contributed by atoms with E-state index in [9.17, 15) is 9.59 Å². The van der Waals surface area contributed by atoms with Crippen molar-refractivity contribution in [2.24, 2.45) is 5.73 Å². The van der Waals surface area contributed by atoms with Gasteiger partial charge in [-0.2, -0.15) is 0 Å². The summed E-state index contributed by atoms with van der Waals surface area (Å²) in [6, 6.07) is 16.8. The van der Waals surface area contributed by atoms with Gasteiger partial charge in [0.25, 0.3) is 0 Å². The summed E-state index contributed by atoms with van der Waals surface area (Å²) in [6.45, 7) is 2.34. The number of carbonyl (C=O) groups excluding carboxylic acids is 2. The number of nitrogens with one attached hydrogen (secondary N) is 2. The number of nitrogens with two attached hydrogens (primary N) is 1. The molecule has 4 N–H and O–H groups in total. The molecule has 0 atom stereocenters. The predicted octanol–water partition coefficient (Wildman–Crippen LogP) is 3.37. The van der Waals surface area contributed by atoms with Crippen LogP contribution in [-0.2, 0) is 17.8 Å². The number of urea groups is 1. The molecule has 130 valence electrons. The van der Waals surface area contributed by atoms with E-state index in [0.29, 0.717) is 12.2 Å². The molecule has 2 rings (SSSR count). The van der Waals surface area contributed by atoms with E-state index in [4.69, 9.17) is 5.73 Å². The van der Waals surface area contributed by atoms with Crippen LogP contribution < -0.4 is 16.4 Å². The van der Waals surface area contributed by atoms with Crippen LogP contribution in [0.4, 0.5) is 10.5 Å². The molecule has 2 aromatic carbocycles. The number of carbonyl (C=O) groups is 2. The molecule has 0 saturated carbocycles. The van der Waals surface area contributed by atoms with Gasteiger partial charge in [0.1, 0.15) is 0 Å². The minimum atomic E-state index is -0.613. The first-order chi connectivity index (χ1) is 12.0. The highest BCUT2D eigenvalue weighted by atomic mass is 16.2. The maximum Gasteiger partial charge on any atom is 0.316 e. The van der Waals surface area contributed by atoms with Crippen molar-refractivity contribution in [2.75, 3.05) is 5.32 Å². The fourth-order valence-corrected chi connectivity index (χ4v) is 2.42. The first-order valence-corrected chi connectivity index (χ1v) is 8.17. The van der Waals surface area contributed by atoms with Crippen LogP contribution in [0.5, 0.6) is 0 Å². The van der Waals surface area contributed by atoms with Gasteiger partial charge in [0.05, 0.1) is 0 Å². The van der Waals surface area contributed by atoms with E-state index in [1.807, 2.05) is 31.2 Å². The van der Waals surface area contributed by atoms with E-state index in [0.717, 1.165) is 24.0 Å². The standard InChI is InChI=1S/C20H23N3O2/c1-15(10-11-16-6-3-2-4-7-16)12-19(24)22-14-17-8-5-9-18(13-17)23-20(21)25/h2-9,12-13H,10-11,14H2,1H3,(H,22,24)(H3,21,23,25)/b15-12+. The Bertz CT molecular complexity index is 755. The normalized spacial score (nSPS) is 11.0. The van der Waals surface area contributed by atoms with Gasteiger partial charge in [-0.3, -0.25) is 4.79 Å². The lowest BCUT2D eigenvalue weighted by Crippen LogP contribution is -2.21. The fourth-order valence-electron chi connectivity index (χ4n) is 2.42. The van der Waals surface area contributed by atoms with Crippen molar-refractivity contribution < 1.29 is 9.59 Å². The molecule has 0 aromatic heterocycles. The van der Waals surface area contributed by atoms with Crippen molar-refractivity contribution in [3.8, 4) is 0 Å². The average Bonchev–Trinajstić information content (AvgIpc) is 2.59. The molecule has 0 heterocycles. The monoisotopic (exact) mass is 337 g/mol. The molecule has 2 aromatic rings. The predicted molar refractivity (Wildman–Crippen MR) is 100 cm³/mol. The van der Waals surface area contributed by atoms with Crippen LogP contribution in [0.2, 0.25) is 0 Å². The van der Waals surface area contributed by atoms with Crippen molar-refractivity contribution in [1.29, 1.82) is 0 Å². The Labute approximate surface area is 147 Å². The number of rotatable bonds is 7. The number of primary amides is 1. The highest BCUT2D eigenvalue weighted by molar-refractivity contribution is 5.88. The second kappa shape index (κ2) is 9.27. The maximum absolute atomic E-state index is 12.0. The van der Waals surface area contributed by atoms with Gasteiger partial charge in [-0.15, -0.1) is 0 Å². The average molecular weight is 337 g/mol. The van der Waals surface area contributed by atoms with Crippen LogP contribution in [0.25, 0.3) is 0 Å². The van der Waals surface area contributed by atoms with Crippen molar-refractivity contribution in [3.05, 3.63) is 77.4 Å². The third-order valence-electron chi connectivity index (χ3n) is 3.69. The Hall–Kier alpha value is -3.08. The van der Waals surface area contributed by atoms with Crippen molar-refractivity contribution in [3.63, 3.8) is 0 Å². The van der Waals surface area contributed by atoms with Gasteiger partial charge in [0, 0.05) is 18.3 Å². The number of aryl methyl sites for hydroxylation is 1. The number of hydrogen-bond donors (Lipinski definition) is 3. The summed E-state index contributed by atoms with van der Waals surface area (Å²) < 4.78 is 0. The molecule has 25 heavy (non-hydrogen) atoms. The Morgan fingerprint density at radius 2 is 1.76 bits per heavy atom. The molecule has 0 radical (unpaired) electrons. The summed E-state index contributed by atoms with van der Waals surface area (Å²) in [5.74, 6) is -0.126. The minimum Gasteiger partial charge on any atom is -0.351 e. The van der Waals surface area contributed by atoms with Crippen LogP contribution in [0.3, 0.4) is 0 Å². The second-order valence-corrected chi connectivity index (χ2v) is 5.88. The molecule has 0 aliphatic rings. The van der Waals surface area contributed by atoms with Crippen molar-refractivity contribution >= 4 is 17.6 Å². The van der Waals surface area contributed by atoms with Gasteiger partial charge in [0.2, 0.25) is 5.91 Å². The number of amides is 3. The zero-order valence-corrected chi connectivity index (χ0v) is 14.3. The zero-order chi connectivity index (χ0) is 18.1. The summed E-state index contributed by atoms with van der Waals surface area (Å²) in [6.07, 6.45) is 3.39. The van der Waals surface area contributed by atoms with Gasteiger partial charge in [-0.1, -0.05) is 48.0 Å². The van der Waals surface area contributed by atoms with E-state index in [1.54, 1.807) is 24.3 Å². The van der Waals surface area contributed by atoms with Crippen LogP contribution >= 0.6 is 0 Å². The number of hydrogen-bond acceptors (Lipinski definition) is 2. The smallest absolute Gasteiger partial charge is 0.316 e. The van der Waals surface area contributed by atoms with Crippen molar-refractivity contribution in [1.82, 2.24) is 5.32 Å². The van der Waals surface area contributed by atoms with Gasteiger partial charge in [-0.05, 0) is 43.0 Å². The Morgan fingerprint density at radius 1 is 1.04 bits per heavy atom. The van der Waals surface area contributed by atoms with E-state index in [-0.39, 0.29) is 5.91 Å². The van der Waals surface area contributed by atoms with E-state index in [1.165, 1.54) is 5.56 Å². The fraction of sp³-hybridized carbons (Fsp3) is 0.200. The van der Waals surface area contributed by atoms with E-state index in [2.05, 4.69) is 22.8 Å². The van der Waals surface area contributed by atoms with Crippen molar-refractivity contribution in [2.45, 2.75) is 26.3 Å². The van der Waals surface area contributed by atoms with Crippen LogP contribution in [0.1, 0.15) is 24.5 Å². The quantitative estimate of drug-likeness (QED) is 0.677.